The van der Waals surface area contributed by atoms with E-state index in [-0.39, 0.29) is 11.8 Å². The quantitative estimate of drug-likeness (QED) is 0.234. The van der Waals surface area contributed by atoms with Crippen LogP contribution in [0.1, 0.15) is 47.2 Å². The number of rotatable bonds is 7. The Morgan fingerprint density at radius 1 is 1.48 bits per heavy atom. The van der Waals surface area contributed by atoms with Gasteiger partial charge in [-0.3, -0.25) is 4.99 Å². The largest absolute Gasteiger partial charge is 0.463 e. The zero-order valence-electron chi connectivity index (χ0n) is 16.8. The van der Waals surface area contributed by atoms with Gasteiger partial charge in [0, 0.05) is 0 Å². The molecule has 0 saturated heterocycles. The third-order valence-corrected chi connectivity index (χ3v) is 3.56. The minimum atomic E-state index is -0.742. The predicted octanol–water partition coefficient (Wildman–Crippen LogP) is 4.94. The molecular formula is C20H27ClN4O2. The highest BCUT2D eigenvalue weighted by Gasteiger charge is 2.22. The van der Waals surface area contributed by atoms with Gasteiger partial charge in [0.1, 0.15) is 11.0 Å². The van der Waals surface area contributed by atoms with Crippen LogP contribution in [-0.4, -0.2) is 24.3 Å². The second-order valence-electron chi connectivity index (χ2n) is 5.65. The van der Waals surface area contributed by atoms with E-state index in [1.165, 1.54) is 6.08 Å². The monoisotopic (exact) mass is 390 g/mol. The van der Waals surface area contributed by atoms with Crippen LogP contribution in [0.4, 0.5) is 5.82 Å². The Bertz CT molecular complexity index is 761. The van der Waals surface area contributed by atoms with Gasteiger partial charge in [0.25, 0.3) is 0 Å². The Kier molecular flexibility index (Phi) is 10.7. The number of ether oxygens (including phenoxy) is 1. The van der Waals surface area contributed by atoms with Gasteiger partial charge >= 0.3 is 5.97 Å². The van der Waals surface area contributed by atoms with Gasteiger partial charge < -0.3 is 10.1 Å². The smallest absolute Gasteiger partial charge is 0.335 e. The molecule has 1 heterocycles. The fourth-order valence-corrected chi connectivity index (χ4v) is 1.91. The molecule has 1 rings (SSSR count). The fourth-order valence-electron chi connectivity index (χ4n) is 1.80. The second-order valence-corrected chi connectivity index (χ2v) is 6.04. The van der Waals surface area contributed by atoms with Gasteiger partial charge in [0.05, 0.1) is 35.1 Å². The summed E-state index contributed by atoms with van der Waals surface area (Å²) in [5.41, 5.74) is 0.559. The number of carbonyl (C=O) groups is 1. The standard InChI is InChI=1S/C18H21ClN4O2.C2H6/c1-6-25-17(24)12(2)13(10-15(19)21-5)22-16-9-7-8-14(23-16)18(3,4)11-20;1-2/h7-10H,5-6H2,1-4H3,(H,22,23);1-2H3/b13-12-,15-10-;. The summed E-state index contributed by atoms with van der Waals surface area (Å²) in [6, 6.07) is 7.47. The Labute approximate surface area is 166 Å². The third-order valence-electron chi connectivity index (χ3n) is 3.33. The van der Waals surface area contributed by atoms with Gasteiger partial charge in [0.15, 0.2) is 0 Å². The highest BCUT2D eigenvalue weighted by Crippen LogP contribution is 2.23. The molecule has 0 amide bonds. The molecule has 0 unspecified atom stereocenters. The van der Waals surface area contributed by atoms with Gasteiger partial charge in [-0.15, -0.1) is 0 Å². The lowest BCUT2D eigenvalue weighted by Crippen LogP contribution is -2.17. The summed E-state index contributed by atoms with van der Waals surface area (Å²) in [6.45, 7) is 14.5. The lowest BCUT2D eigenvalue weighted by molar-refractivity contribution is -0.138. The summed E-state index contributed by atoms with van der Waals surface area (Å²) in [5.74, 6) is -0.0208. The number of nitriles is 1. The molecule has 7 heteroatoms. The summed E-state index contributed by atoms with van der Waals surface area (Å²) in [4.78, 5) is 20.1. The van der Waals surface area contributed by atoms with Crippen molar-refractivity contribution in [3.63, 3.8) is 0 Å². The molecular weight excluding hydrogens is 364 g/mol. The van der Waals surface area contributed by atoms with Crippen LogP contribution in [0.5, 0.6) is 0 Å². The number of hydrogen-bond acceptors (Lipinski definition) is 6. The molecule has 0 aliphatic rings. The summed E-state index contributed by atoms with van der Waals surface area (Å²) in [7, 11) is 0. The lowest BCUT2D eigenvalue weighted by atomic mass is 9.91. The average Bonchev–Trinajstić information content (AvgIpc) is 2.68. The molecule has 0 saturated carbocycles. The van der Waals surface area contributed by atoms with E-state index in [2.05, 4.69) is 28.1 Å². The SMILES string of the molecule is C=N/C(Cl)=C\C(Nc1cccc(C(C)(C)C#N)n1)=C(/C)C(=O)OCC.CC. The van der Waals surface area contributed by atoms with E-state index in [4.69, 9.17) is 16.3 Å². The van der Waals surface area contributed by atoms with E-state index in [9.17, 15) is 10.1 Å². The molecule has 0 aliphatic heterocycles. The highest BCUT2D eigenvalue weighted by atomic mass is 35.5. The molecule has 1 N–H and O–H groups in total. The summed E-state index contributed by atoms with van der Waals surface area (Å²) < 4.78 is 5.01. The van der Waals surface area contributed by atoms with Crippen molar-refractivity contribution < 1.29 is 9.53 Å². The zero-order chi connectivity index (χ0) is 21.0. The normalized spacial score (nSPS) is 12.0. The van der Waals surface area contributed by atoms with E-state index in [1.54, 1.807) is 45.9 Å². The Hall–Kier alpha value is -2.65. The molecule has 0 fully saturated rings. The van der Waals surface area contributed by atoms with E-state index >= 15 is 0 Å². The van der Waals surface area contributed by atoms with Gasteiger partial charge in [-0.05, 0) is 52.6 Å². The maximum Gasteiger partial charge on any atom is 0.335 e. The third kappa shape index (κ3) is 7.63. The predicted molar refractivity (Wildman–Crippen MR) is 111 cm³/mol. The topological polar surface area (TPSA) is 87.4 Å². The Balaban J connectivity index is 0.00000326. The first-order valence-corrected chi connectivity index (χ1v) is 9.00. The van der Waals surface area contributed by atoms with Crippen LogP contribution < -0.4 is 5.32 Å². The number of hydrogen-bond donors (Lipinski definition) is 1. The second kappa shape index (κ2) is 11.9. The Morgan fingerprint density at radius 2 is 2.11 bits per heavy atom. The number of nitrogens with zero attached hydrogens (tertiary/aromatic N) is 3. The summed E-state index contributed by atoms with van der Waals surface area (Å²) >= 11 is 5.92. The maximum atomic E-state index is 12.0. The number of aromatic nitrogens is 1. The number of carbonyl (C=O) groups excluding carboxylic acids is 1. The van der Waals surface area contributed by atoms with Crippen molar-refractivity contribution in [3.05, 3.63) is 46.4 Å². The number of nitrogens with one attached hydrogen (secondary N) is 1. The minimum Gasteiger partial charge on any atom is -0.463 e. The first-order valence-electron chi connectivity index (χ1n) is 8.63. The molecule has 6 nitrogen and oxygen atoms in total. The number of allylic oxidation sites excluding steroid dienone is 1. The molecule has 27 heavy (non-hydrogen) atoms. The van der Waals surface area contributed by atoms with E-state index in [1.807, 2.05) is 13.8 Å². The van der Waals surface area contributed by atoms with Crippen LogP contribution in [-0.2, 0) is 14.9 Å². The van der Waals surface area contributed by atoms with Gasteiger partial charge in [-0.2, -0.15) is 5.26 Å². The number of halogens is 1. The van der Waals surface area contributed by atoms with Crippen LogP contribution in [0.15, 0.2) is 45.7 Å². The fraction of sp³-hybridized carbons (Fsp3) is 0.400. The van der Waals surface area contributed by atoms with E-state index in [0.717, 1.165) is 0 Å². The molecule has 1 aromatic rings. The van der Waals surface area contributed by atoms with Crippen LogP contribution >= 0.6 is 11.6 Å². The maximum absolute atomic E-state index is 12.0. The van der Waals surface area contributed by atoms with Gasteiger partial charge in [-0.25, -0.2) is 9.78 Å². The van der Waals surface area contributed by atoms with Gasteiger partial charge in [0.2, 0.25) is 0 Å². The Morgan fingerprint density at radius 3 is 2.63 bits per heavy atom. The number of aliphatic imine (C=N–C) groups is 1. The van der Waals surface area contributed by atoms with Crippen molar-refractivity contribution in [2.24, 2.45) is 4.99 Å². The zero-order valence-corrected chi connectivity index (χ0v) is 17.5. The highest BCUT2D eigenvalue weighted by molar-refractivity contribution is 6.29. The molecule has 0 atom stereocenters. The molecule has 0 spiro atoms. The van der Waals surface area contributed by atoms with Crippen molar-refractivity contribution in [2.45, 2.75) is 47.0 Å². The molecule has 0 radical (unpaired) electrons. The van der Waals surface area contributed by atoms with Crippen molar-refractivity contribution in [1.82, 2.24) is 4.98 Å². The van der Waals surface area contributed by atoms with Crippen molar-refractivity contribution in [2.75, 3.05) is 11.9 Å². The summed E-state index contributed by atoms with van der Waals surface area (Å²) in [5, 5.41) is 12.4. The number of pyridine rings is 1. The first kappa shape index (κ1) is 24.4. The van der Waals surface area contributed by atoms with Gasteiger partial charge in [-0.1, -0.05) is 31.5 Å². The van der Waals surface area contributed by atoms with Crippen molar-refractivity contribution in [1.29, 1.82) is 5.26 Å². The number of esters is 1. The van der Waals surface area contributed by atoms with Crippen molar-refractivity contribution >= 4 is 30.1 Å². The van der Waals surface area contributed by atoms with Crippen LogP contribution in [0.2, 0.25) is 0 Å². The van der Waals surface area contributed by atoms with Crippen LogP contribution in [0.3, 0.4) is 0 Å². The van der Waals surface area contributed by atoms with E-state index in [0.29, 0.717) is 22.8 Å². The number of anilines is 1. The summed E-state index contributed by atoms with van der Waals surface area (Å²) in [6.07, 6.45) is 1.46. The average molecular weight is 391 g/mol. The van der Waals surface area contributed by atoms with Crippen molar-refractivity contribution in [3.8, 4) is 6.07 Å². The van der Waals surface area contributed by atoms with Crippen LogP contribution in [0, 0.1) is 11.3 Å². The molecule has 0 aliphatic carbocycles. The van der Waals surface area contributed by atoms with Crippen LogP contribution in [0.25, 0.3) is 0 Å². The minimum absolute atomic E-state index is 0.111. The molecule has 0 bridgehead atoms. The molecule has 1 aromatic heterocycles. The molecule has 0 aromatic carbocycles. The lowest BCUT2D eigenvalue weighted by Gasteiger charge is -2.17. The first-order chi connectivity index (χ1) is 12.7. The molecule has 146 valence electrons. The van der Waals surface area contributed by atoms with E-state index < -0.39 is 11.4 Å².